The van der Waals surface area contributed by atoms with Crippen LogP contribution in [0.2, 0.25) is 10.3 Å². The molecule has 1 atom stereocenters. The number of halogens is 2. The second-order valence-electron chi connectivity index (χ2n) is 4.23. The molecule has 0 fully saturated rings. The van der Waals surface area contributed by atoms with Gasteiger partial charge in [-0.25, -0.2) is 9.97 Å². The molecule has 0 saturated heterocycles. The molecule has 1 unspecified atom stereocenters. The monoisotopic (exact) mass is 292 g/mol. The highest BCUT2D eigenvalue weighted by atomic mass is 35.5. The van der Waals surface area contributed by atoms with Gasteiger partial charge >= 0.3 is 0 Å². The van der Waals surface area contributed by atoms with E-state index in [1.54, 1.807) is 24.5 Å². The molecule has 0 bridgehead atoms. The topological polar surface area (TPSA) is 50.2 Å². The van der Waals surface area contributed by atoms with Gasteiger partial charge in [0.15, 0.2) is 0 Å². The van der Waals surface area contributed by atoms with Gasteiger partial charge < -0.3 is 5.43 Å². The SMILES string of the molecule is Clc1ccc(C2=NNC(c3ccc(Cl)nc3)C2)cn1. The van der Waals surface area contributed by atoms with E-state index in [-0.39, 0.29) is 6.04 Å². The Labute approximate surface area is 120 Å². The molecular weight excluding hydrogens is 283 g/mol. The average Bonchev–Trinajstić information content (AvgIpc) is 2.90. The van der Waals surface area contributed by atoms with Crippen molar-refractivity contribution in [2.24, 2.45) is 5.10 Å². The molecule has 0 aromatic carbocycles. The molecule has 1 aliphatic heterocycles. The largest absolute Gasteiger partial charge is 0.302 e. The molecule has 3 heterocycles. The van der Waals surface area contributed by atoms with Crippen molar-refractivity contribution >= 4 is 28.9 Å². The van der Waals surface area contributed by atoms with Gasteiger partial charge in [0.1, 0.15) is 10.3 Å². The van der Waals surface area contributed by atoms with Gasteiger partial charge in [-0.15, -0.1) is 0 Å². The average molecular weight is 293 g/mol. The van der Waals surface area contributed by atoms with Crippen LogP contribution in [0.3, 0.4) is 0 Å². The Bertz CT molecular complexity index is 608. The third-order valence-corrected chi connectivity index (χ3v) is 3.41. The molecule has 1 aliphatic rings. The third-order valence-electron chi connectivity index (χ3n) is 2.97. The van der Waals surface area contributed by atoms with Gasteiger partial charge in [-0.05, 0) is 23.8 Å². The van der Waals surface area contributed by atoms with E-state index in [2.05, 4.69) is 20.5 Å². The predicted octanol–water partition coefficient (Wildman–Crippen LogP) is 3.22. The first-order valence-corrected chi connectivity index (χ1v) is 6.53. The highest BCUT2D eigenvalue weighted by molar-refractivity contribution is 6.29. The summed E-state index contributed by atoms with van der Waals surface area (Å²) >= 11 is 11.5. The van der Waals surface area contributed by atoms with Gasteiger partial charge in [0.2, 0.25) is 0 Å². The number of nitrogens with zero attached hydrogens (tertiary/aromatic N) is 3. The molecule has 6 heteroatoms. The molecule has 96 valence electrons. The fourth-order valence-corrected chi connectivity index (χ4v) is 2.18. The van der Waals surface area contributed by atoms with E-state index in [9.17, 15) is 0 Å². The maximum atomic E-state index is 5.78. The summed E-state index contributed by atoms with van der Waals surface area (Å²) in [4.78, 5) is 8.14. The number of nitrogens with one attached hydrogen (secondary N) is 1. The second kappa shape index (κ2) is 5.15. The zero-order valence-corrected chi connectivity index (χ0v) is 11.4. The van der Waals surface area contributed by atoms with Crippen LogP contribution in [0.15, 0.2) is 41.8 Å². The number of aromatic nitrogens is 2. The van der Waals surface area contributed by atoms with Crippen LogP contribution < -0.4 is 5.43 Å². The second-order valence-corrected chi connectivity index (χ2v) is 5.00. The van der Waals surface area contributed by atoms with Gasteiger partial charge in [-0.2, -0.15) is 5.10 Å². The van der Waals surface area contributed by atoms with Crippen LogP contribution in [0.4, 0.5) is 0 Å². The zero-order chi connectivity index (χ0) is 13.2. The van der Waals surface area contributed by atoms with E-state index in [0.29, 0.717) is 10.3 Å². The van der Waals surface area contributed by atoms with Gasteiger partial charge in [-0.1, -0.05) is 29.3 Å². The fraction of sp³-hybridized carbons (Fsp3) is 0.154. The molecule has 1 N–H and O–H groups in total. The molecule has 0 spiro atoms. The van der Waals surface area contributed by atoms with E-state index >= 15 is 0 Å². The number of hydrogen-bond acceptors (Lipinski definition) is 4. The smallest absolute Gasteiger partial charge is 0.129 e. The summed E-state index contributed by atoms with van der Waals surface area (Å²) in [6.45, 7) is 0. The summed E-state index contributed by atoms with van der Waals surface area (Å²) in [6, 6.07) is 7.52. The normalized spacial score (nSPS) is 18.0. The van der Waals surface area contributed by atoms with Gasteiger partial charge in [0, 0.05) is 24.4 Å². The lowest BCUT2D eigenvalue weighted by atomic mass is 10.0. The minimum atomic E-state index is 0.121. The minimum absolute atomic E-state index is 0.121. The van der Waals surface area contributed by atoms with E-state index in [1.165, 1.54) is 0 Å². The van der Waals surface area contributed by atoms with Crippen molar-refractivity contribution in [3.05, 3.63) is 58.1 Å². The van der Waals surface area contributed by atoms with Crippen molar-refractivity contribution in [2.45, 2.75) is 12.5 Å². The van der Waals surface area contributed by atoms with Gasteiger partial charge in [0.25, 0.3) is 0 Å². The van der Waals surface area contributed by atoms with Crippen molar-refractivity contribution in [2.75, 3.05) is 0 Å². The third kappa shape index (κ3) is 2.69. The molecule has 0 saturated carbocycles. The number of hydrogen-bond donors (Lipinski definition) is 1. The number of hydrazone groups is 1. The standard InChI is InChI=1S/C13H10Cl2N4/c14-12-3-1-8(6-16-12)10-5-11(19-18-10)9-2-4-13(15)17-7-9/h1-4,6-7,10,18H,5H2. The highest BCUT2D eigenvalue weighted by Crippen LogP contribution is 2.24. The molecule has 0 aliphatic carbocycles. The van der Waals surface area contributed by atoms with Gasteiger partial charge in [0.05, 0.1) is 11.8 Å². The lowest BCUT2D eigenvalue weighted by molar-refractivity contribution is 0.618. The van der Waals surface area contributed by atoms with Crippen molar-refractivity contribution in [3.8, 4) is 0 Å². The first-order valence-electron chi connectivity index (χ1n) is 5.78. The van der Waals surface area contributed by atoms with Crippen LogP contribution in [0.1, 0.15) is 23.6 Å². The number of pyridine rings is 2. The highest BCUT2D eigenvalue weighted by Gasteiger charge is 2.21. The Kier molecular flexibility index (Phi) is 3.36. The molecule has 4 nitrogen and oxygen atoms in total. The summed E-state index contributed by atoms with van der Waals surface area (Å²) in [5.74, 6) is 0. The van der Waals surface area contributed by atoms with E-state index in [0.717, 1.165) is 23.3 Å². The van der Waals surface area contributed by atoms with Gasteiger partial charge in [-0.3, -0.25) is 0 Å². The maximum absolute atomic E-state index is 5.78. The van der Waals surface area contributed by atoms with Crippen LogP contribution in [-0.4, -0.2) is 15.7 Å². The summed E-state index contributed by atoms with van der Waals surface area (Å²) in [5, 5.41) is 5.31. The zero-order valence-electron chi connectivity index (χ0n) is 9.85. The Morgan fingerprint density at radius 2 is 1.74 bits per heavy atom. The molecule has 19 heavy (non-hydrogen) atoms. The quantitative estimate of drug-likeness (QED) is 0.865. The molecule has 3 rings (SSSR count). The summed E-state index contributed by atoms with van der Waals surface area (Å²) in [5.41, 5.74) is 6.10. The fourth-order valence-electron chi connectivity index (χ4n) is 1.96. The Morgan fingerprint density at radius 3 is 2.37 bits per heavy atom. The lowest BCUT2D eigenvalue weighted by Crippen LogP contribution is -2.10. The van der Waals surface area contributed by atoms with Crippen molar-refractivity contribution in [1.82, 2.24) is 15.4 Å². The van der Waals surface area contributed by atoms with Crippen LogP contribution in [-0.2, 0) is 0 Å². The molecule has 2 aromatic rings. The van der Waals surface area contributed by atoms with Crippen molar-refractivity contribution < 1.29 is 0 Å². The lowest BCUT2D eigenvalue weighted by Gasteiger charge is -2.09. The predicted molar refractivity (Wildman–Crippen MR) is 75.5 cm³/mol. The Morgan fingerprint density at radius 1 is 1.00 bits per heavy atom. The summed E-state index contributed by atoms with van der Waals surface area (Å²) in [7, 11) is 0. The van der Waals surface area contributed by atoms with Crippen molar-refractivity contribution in [1.29, 1.82) is 0 Å². The summed E-state index contributed by atoms with van der Waals surface area (Å²) in [6.07, 6.45) is 4.27. The maximum Gasteiger partial charge on any atom is 0.129 e. The van der Waals surface area contributed by atoms with Crippen molar-refractivity contribution in [3.63, 3.8) is 0 Å². The molecular formula is C13H10Cl2N4. The molecule has 2 aromatic heterocycles. The van der Waals surface area contributed by atoms with Crippen LogP contribution in [0, 0.1) is 0 Å². The first-order chi connectivity index (χ1) is 9.22. The first kappa shape index (κ1) is 12.4. The van der Waals surface area contributed by atoms with E-state index in [4.69, 9.17) is 23.2 Å². The Balaban J connectivity index is 1.76. The Hall–Kier alpha value is -1.65. The van der Waals surface area contributed by atoms with E-state index < -0.39 is 0 Å². The van der Waals surface area contributed by atoms with Crippen LogP contribution >= 0.6 is 23.2 Å². The molecule has 0 amide bonds. The summed E-state index contributed by atoms with van der Waals surface area (Å²) < 4.78 is 0. The molecule has 0 radical (unpaired) electrons. The van der Waals surface area contributed by atoms with Crippen LogP contribution in [0.5, 0.6) is 0 Å². The van der Waals surface area contributed by atoms with Crippen LogP contribution in [0.25, 0.3) is 0 Å². The minimum Gasteiger partial charge on any atom is -0.302 e. The van der Waals surface area contributed by atoms with E-state index in [1.807, 2.05) is 12.1 Å². The number of rotatable bonds is 2.